The summed E-state index contributed by atoms with van der Waals surface area (Å²) in [5.41, 5.74) is 0.639. The van der Waals surface area contributed by atoms with Gasteiger partial charge in [-0.25, -0.2) is 0 Å². The molecule has 0 fully saturated rings. The number of aryl methyl sites for hydroxylation is 1. The maximum atomic E-state index is 12.5. The van der Waals surface area contributed by atoms with Gasteiger partial charge in [-0.1, -0.05) is 12.1 Å². The van der Waals surface area contributed by atoms with Crippen molar-refractivity contribution in [1.82, 2.24) is 4.98 Å². The van der Waals surface area contributed by atoms with Crippen LogP contribution >= 0.6 is 0 Å². The average molecular weight is 314 g/mol. The molecule has 0 aliphatic carbocycles. The third-order valence-electron chi connectivity index (χ3n) is 3.14. The van der Waals surface area contributed by atoms with Crippen molar-refractivity contribution in [3.8, 4) is 11.5 Å². The van der Waals surface area contributed by atoms with Gasteiger partial charge in [-0.3, -0.25) is 10.1 Å². The second kappa shape index (κ2) is 5.31. The van der Waals surface area contributed by atoms with Crippen LogP contribution in [0.3, 0.4) is 0 Å². The van der Waals surface area contributed by atoms with Gasteiger partial charge in [0.25, 0.3) is 0 Å². The molecule has 22 heavy (non-hydrogen) atoms. The van der Waals surface area contributed by atoms with Crippen molar-refractivity contribution in [1.29, 1.82) is 0 Å². The van der Waals surface area contributed by atoms with Crippen LogP contribution in [-0.4, -0.2) is 13.4 Å². The van der Waals surface area contributed by atoms with Crippen molar-refractivity contribution in [2.45, 2.75) is 11.8 Å². The molecule has 1 heterocycles. The van der Waals surface area contributed by atoms with Crippen LogP contribution < -0.4 is 4.18 Å². The molecule has 1 radical (unpaired) electrons. The van der Waals surface area contributed by atoms with Crippen LogP contribution in [0.15, 0.2) is 59.8 Å². The molecule has 0 saturated heterocycles. The van der Waals surface area contributed by atoms with Crippen molar-refractivity contribution in [2.75, 3.05) is 0 Å². The van der Waals surface area contributed by atoms with Gasteiger partial charge < -0.3 is 4.18 Å². The van der Waals surface area contributed by atoms with E-state index in [1.807, 2.05) is 0 Å². The zero-order valence-electron chi connectivity index (χ0n) is 11.7. The van der Waals surface area contributed by atoms with Crippen LogP contribution in [0.4, 0.5) is 0 Å². The van der Waals surface area contributed by atoms with E-state index in [4.69, 9.17) is 4.18 Å². The van der Waals surface area contributed by atoms with Crippen LogP contribution in [0.5, 0.6) is 11.5 Å². The molecule has 0 N–H and O–H groups in total. The van der Waals surface area contributed by atoms with Crippen molar-refractivity contribution in [2.24, 2.45) is 0 Å². The lowest BCUT2D eigenvalue weighted by Crippen LogP contribution is -2.10. The van der Waals surface area contributed by atoms with Gasteiger partial charge in [0.15, 0.2) is 5.75 Å². The molecular formula is C16H12NO4S. The van der Waals surface area contributed by atoms with Crippen molar-refractivity contribution < 1.29 is 17.7 Å². The molecule has 0 amide bonds. The standard InChI is InChI=1S/C16H12NO4S/c1-11-7-13(18)9-14(8-11)21-22(19,20)16-4-2-3-12-10-17-6-5-15(12)16/h2-10H,1H3. The molecule has 111 valence electrons. The molecule has 3 aromatic rings. The predicted octanol–water partition coefficient (Wildman–Crippen LogP) is 3.45. The fraction of sp³-hybridized carbons (Fsp3) is 0.0625. The molecule has 3 rings (SSSR count). The highest BCUT2D eigenvalue weighted by atomic mass is 32.2. The van der Waals surface area contributed by atoms with E-state index >= 15 is 0 Å². The summed E-state index contributed by atoms with van der Waals surface area (Å²) in [5.74, 6) is -0.289. The molecular weight excluding hydrogens is 302 g/mol. The topological polar surface area (TPSA) is 76.2 Å². The minimum absolute atomic E-state index is 0.0102. The first-order valence-corrected chi connectivity index (χ1v) is 7.92. The number of fused-ring (bicyclic) bond motifs is 1. The first-order chi connectivity index (χ1) is 10.5. The first kappa shape index (κ1) is 14.3. The van der Waals surface area contributed by atoms with E-state index in [1.54, 1.807) is 31.3 Å². The minimum atomic E-state index is -4.04. The summed E-state index contributed by atoms with van der Waals surface area (Å²) in [6, 6.07) is 10.5. The third kappa shape index (κ3) is 2.73. The Labute approximate surface area is 127 Å². The highest BCUT2D eigenvalue weighted by Gasteiger charge is 2.20. The van der Waals surface area contributed by atoms with Gasteiger partial charge in [0.1, 0.15) is 10.6 Å². The molecule has 0 aliphatic heterocycles. The van der Waals surface area contributed by atoms with Crippen LogP contribution in [0, 0.1) is 6.92 Å². The van der Waals surface area contributed by atoms with E-state index in [2.05, 4.69) is 4.98 Å². The Morgan fingerprint density at radius 3 is 2.68 bits per heavy atom. The molecule has 0 aliphatic rings. The maximum absolute atomic E-state index is 12.5. The van der Waals surface area contributed by atoms with Crippen LogP contribution in [0.25, 0.3) is 10.8 Å². The van der Waals surface area contributed by atoms with E-state index in [0.29, 0.717) is 16.3 Å². The summed E-state index contributed by atoms with van der Waals surface area (Å²) in [7, 11) is -4.04. The molecule has 0 atom stereocenters. The van der Waals surface area contributed by atoms with E-state index < -0.39 is 10.1 Å². The Hall–Kier alpha value is -2.60. The van der Waals surface area contributed by atoms with Crippen LogP contribution in [0.2, 0.25) is 0 Å². The number of hydrogen-bond acceptors (Lipinski definition) is 4. The number of rotatable bonds is 3. The maximum Gasteiger partial charge on any atom is 0.339 e. The van der Waals surface area contributed by atoms with Gasteiger partial charge in [-0.05, 0) is 36.8 Å². The fourth-order valence-electron chi connectivity index (χ4n) is 2.24. The molecule has 0 saturated carbocycles. The second-order valence-corrected chi connectivity index (χ2v) is 6.39. The van der Waals surface area contributed by atoms with E-state index in [9.17, 15) is 13.5 Å². The van der Waals surface area contributed by atoms with Gasteiger partial charge in [0, 0.05) is 29.2 Å². The number of benzene rings is 2. The Morgan fingerprint density at radius 2 is 1.91 bits per heavy atom. The van der Waals surface area contributed by atoms with Crippen molar-refractivity contribution in [3.63, 3.8) is 0 Å². The van der Waals surface area contributed by atoms with Gasteiger partial charge in [0.2, 0.25) is 0 Å². The fourth-order valence-corrected chi connectivity index (χ4v) is 3.38. The van der Waals surface area contributed by atoms with E-state index in [1.165, 1.54) is 24.4 Å². The third-order valence-corrected chi connectivity index (χ3v) is 4.45. The molecule has 2 aromatic carbocycles. The lowest BCUT2D eigenvalue weighted by Gasteiger charge is -2.10. The summed E-state index contributed by atoms with van der Waals surface area (Å²) in [4.78, 5) is 4.01. The predicted molar refractivity (Wildman–Crippen MR) is 80.9 cm³/mol. The highest BCUT2D eigenvalue weighted by Crippen LogP contribution is 2.28. The number of pyridine rings is 1. The minimum Gasteiger partial charge on any atom is -0.379 e. The lowest BCUT2D eigenvalue weighted by atomic mass is 10.2. The molecule has 1 aromatic heterocycles. The molecule has 0 spiro atoms. The van der Waals surface area contributed by atoms with Crippen molar-refractivity contribution >= 4 is 20.9 Å². The molecule has 6 heteroatoms. The summed E-state index contributed by atoms with van der Waals surface area (Å²) < 4.78 is 30.1. The Bertz CT molecular complexity index is 926. The first-order valence-electron chi connectivity index (χ1n) is 6.52. The van der Waals surface area contributed by atoms with Crippen LogP contribution in [0.1, 0.15) is 5.56 Å². The quantitative estimate of drug-likeness (QED) is 0.694. The van der Waals surface area contributed by atoms with Gasteiger partial charge >= 0.3 is 10.1 Å². The summed E-state index contributed by atoms with van der Waals surface area (Å²) in [6.45, 7) is 1.70. The normalized spacial score (nSPS) is 11.5. The SMILES string of the molecule is Cc1cc([O])cc(OS(=O)(=O)c2cccc3cnccc23)c1. The largest absolute Gasteiger partial charge is 0.379 e. The monoisotopic (exact) mass is 314 g/mol. The number of aromatic nitrogens is 1. The highest BCUT2D eigenvalue weighted by molar-refractivity contribution is 7.87. The zero-order valence-corrected chi connectivity index (χ0v) is 12.5. The molecule has 0 unspecified atom stereocenters. The van der Waals surface area contributed by atoms with Crippen molar-refractivity contribution in [3.05, 3.63) is 60.4 Å². The van der Waals surface area contributed by atoms with Gasteiger partial charge in [-0.15, -0.1) is 0 Å². The number of hydrogen-bond donors (Lipinski definition) is 0. The molecule has 0 bridgehead atoms. The zero-order chi connectivity index (χ0) is 15.7. The smallest absolute Gasteiger partial charge is 0.339 e. The summed E-state index contributed by atoms with van der Waals surface area (Å²) in [6.07, 6.45) is 3.10. The summed E-state index contributed by atoms with van der Waals surface area (Å²) in [5, 5.41) is 12.7. The van der Waals surface area contributed by atoms with E-state index in [0.717, 1.165) is 6.07 Å². The Balaban J connectivity index is 2.09. The molecule has 5 nitrogen and oxygen atoms in total. The lowest BCUT2D eigenvalue weighted by molar-refractivity contribution is 0.353. The van der Waals surface area contributed by atoms with Gasteiger partial charge in [0.05, 0.1) is 0 Å². The van der Waals surface area contributed by atoms with Gasteiger partial charge in [-0.2, -0.15) is 8.42 Å². The average Bonchev–Trinajstić information content (AvgIpc) is 2.45. The van der Waals surface area contributed by atoms with E-state index in [-0.39, 0.29) is 16.4 Å². The Morgan fingerprint density at radius 1 is 1.09 bits per heavy atom. The number of nitrogens with zero attached hydrogens (tertiary/aromatic N) is 1. The summed E-state index contributed by atoms with van der Waals surface area (Å²) >= 11 is 0. The Kier molecular flexibility index (Phi) is 3.46. The second-order valence-electron chi connectivity index (χ2n) is 4.87. The van der Waals surface area contributed by atoms with Crippen LogP contribution in [-0.2, 0) is 15.2 Å².